The van der Waals surface area contributed by atoms with Gasteiger partial charge in [0.05, 0.1) is 41.5 Å². The Morgan fingerprint density at radius 3 is 2.74 bits per heavy atom. The molecule has 5 rings (SSSR count). The Hall–Kier alpha value is -4.16. The van der Waals surface area contributed by atoms with Gasteiger partial charge in [-0.25, -0.2) is 4.52 Å². The Balaban J connectivity index is 1.27. The fraction of sp³-hybridized carbons (Fsp3) is 0.385. The molecule has 0 radical (unpaired) electrons. The first-order valence-electron chi connectivity index (χ1n) is 12.6. The van der Waals surface area contributed by atoms with Crippen LogP contribution in [0.5, 0.6) is 0 Å². The number of carbonyl (C=O) groups excluding carboxylic acids is 2. The molecule has 0 spiro atoms. The number of rotatable bonds is 7. The van der Waals surface area contributed by atoms with Gasteiger partial charge in [-0.1, -0.05) is 11.3 Å². The van der Waals surface area contributed by atoms with E-state index in [0.29, 0.717) is 29.1 Å². The normalized spacial score (nSPS) is 18.0. The molecule has 5 heterocycles. The summed E-state index contributed by atoms with van der Waals surface area (Å²) >= 11 is 0. The third kappa shape index (κ3) is 5.41. The van der Waals surface area contributed by atoms with E-state index in [0.717, 1.165) is 24.0 Å². The number of carbonyl (C=O) groups is 2. The second-order valence-corrected chi connectivity index (χ2v) is 9.85. The number of likely N-dealkylation sites (tertiary alicyclic amines) is 1. The molecule has 198 valence electrons. The molecule has 0 bridgehead atoms. The van der Waals surface area contributed by atoms with Gasteiger partial charge in [0.2, 0.25) is 5.91 Å². The number of pyridine rings is 2. The summed E-state index contributed by atoms with van der Waals surface area (Å²) in [4.78, 5) is 32.3. The van der Waals surface area contributed by atoms with Crippen LogP contribution in [-0.2, 0) is 11.8 Å². The summed E-state index contributed by atoms with van der Waals surface area (Å²) in [6, 6.07) is 5.64. The standard InChI is InChI=1S/C26H31N9O3/c1-16-4-5-18(15-36)11-34(16)14-24(37)29-21-8-22(17(2)27-10-21)30-26(38)25-23-7-6-19(13-35(23)32-31-25)20-9-28-33(3)12-20/h6-10,12-13,16,18,36H,4-5,11,14-15H2,1-3H3,(H,29,37)(H,30,38). The largest absolute Gasteiger partial charge is 0.396 e. The zero-order chi connectivity index (χ0) is 26.8. The van der Waals surface area contributed by atoms with E-state index in [-0.39, 0.29) is 36.7 Å². The van der Waals surface area contributed by atoms with Gasteiger partial charge < -0.3 is 15.7 Å². The SMILES string of the molecule is Cc1ncc(NC(=O)CN2CC(CO)CCC2C)cc1NC(=O)c1nnn2cc(-c3cnn(C)c3)ccc12. The van der Waals surface area contributed by atoms with Crippen molar-refractivity contribution in [1.29, 1.82) is 0 Å². The summed E-state index contributed by atoms with van der Waals surface area (Å²) in [6.45, 7) is 4.91. The molecular weight excluding hydrogens is 486 g/mol. The van der Waals surface area contributed by atoms with Crippen molar-refractivity contribution in [2.45, 2.75) is 32.7 Å². The van der Waals surface area contributed by atoms with Crippen LogP contribution in [0.1, 0.15) is 35.9 Å². The number of hydrogen-bond donors (Lipinski definition) is 3. The lowest BCUT2D eigenvalue weighted by Gasteiger charge is -2.36. The lowest BCUT2D eigenvalue weighted by Crippen LogP contribution is -2.46. The molecule has 12 nitrogen and oxygen atoms in total. The van der Waals surface area contributed by atoms with E-state index in [1.807, 2.05) is 19.3 Å². The van der Waals surface area contributed by atoms with Crippen LogP contribution in [0.2, 0.25) is 0 Å². The van der Waals surface area contributed by atoms with E-state index < -0.39 is 5.91 Å². The van der Waals surface area contributed by atoms with Crippen LogP contribution in [0.4, 0.5) is 11.4 Å². The number of nitrogens with one attached hydrogen (secondary N) is 2. The molecule has 1 saturated heterocycles. The Bertz CT molecular complexity index is 1480. The molecule has 12 heteroatoms. The highest BCUT2D eigenvalue weighted by atomic mass is 16.3. The first kappa shape index (κ1) is 25.5. The van der Waals surface area contributed by atoms with Crippen LogP contribution in [0, 0.1) is 12.8 Å². The van der Waals surface area contributed by atoms with Gasteiger partial charge in [-0.05, 0) is 44.7 Å². The van der Waals surface area contributed by atoms with E-state index in [1.54, 1.807) is 46.8 Å². The molecule has 3 N–H and O–H groups in total. The second-order valence-electron chi connectivity index (χ2n) is 9.85. The highest BCUT2D eigenvalue weighted by Gasteiger charge is 2.26. The first-order valence-corrected chi connectivity index (χ1v) is 12.6. The van der Waals surface area contributed by atoms with Gasteiger partial charge >= 0.3 is 0 Å². The fourth-order valence-electron chi connectivity index (χ4n) is 4.72. The van der Waals surface area contributed by atoms with Crippen molar-refractivity contribution in [2.75, 3.05) is 30.3 Å². The molecule has 0 saturated carbocycles. The Kier molecular flexibility index (Phi) is 7.16. The van der Waals surface area contributed by atoms with Gasteiger partial charge in [0.25, 0.3) is 5.91 Å². The lowest BCUT2D eigenvalue weighted by molar-refractivity contribution is -0.118. The number of nitrogens with zero attached hydrogens (tertiary/aromatic N) is 7. The minimum Gasteiger partial charge on any atom is -0.396 e. The highest BCUT2D eigenvalue weighted by molar-refractivity contribution is 6.08. The maximum Gasteiger partial charge on any atom is 0.278 e. The third-order valence-corrected chi connectivity index (χ3v) is 7.00. The van der Waals surface area contributed by atoms with Crippen LogP contribution >= 0.6 is 0 Å². The fourth-order valence-corrected chi connectivity index (χ4v) is 4.72. The summed E-state index contributed by atoms with van der Waals surface area (Å²) in [6.07, 6.45) is 8.92. The molecule has 0 aromatic carbocycles. The minimum atomic E-state index is -0.431. The Morgan fingerprint density at radius 1 is 1.13 bits per heavy atom. The van der Waals surface area contributed by atoms with Crippen molar-refractivity contribution in [1.82, 2.24) is 34.5 Å². The van der Waals surface area contributed by atoms with E-state index in [1.165, 1.54) is 0 Å². The molecule has 1 aliphatic heterocycles. The molecule has 4 aromatic heterocycles. The topological polar surface area (TPSA) is 143 Å². The van der Waals surface area contributed by atoms with Crippen molar-refractivity contribution in [2.24, 2.45) is 13.0 Å². The van der Waals surface area contributed by atoms with Gasteiger partial charge in [-0.2, -0.15) is 5.10 Å². The number of aliphatic hydroxyl groups excluding tert-OH is 1. The van der Waals surface area contributed by atoms with Gasteiger partial charge in [0.15, 0.2) is 5.69 Å². The van der Waals surface area contributed by atoms with Crippen molar-refractivity contribution >= 4 is 28.7 Å². The van der Waals surface area contributed by atoms with Gasteiger partial charge in [-0.15, -0.1) is 5.10 Å². The summed E-state index contributed by atoms with van der Waals surface area (Å²) in [7, 11) is 1.85. The summed E-state index contributed by atoms with van der Waals surface area (Å²) in [5.41, 5.74) is 4.11. The smallest absolute Gasteiger partial charge is 0.278 e. The molecule has 38 heavy (non-hydrogen) atoms. The van der Waals surface area contributed by atoms with Crippen LogP contribution in [0.15, 0.2) is 43.0 Å². The van der Waals surface area contributed by atoms with Crippen LogP contribution in [0.25, 0.3) is 16.6 Å². The second kappa shape index (κ2) is 10.7. The van der Waals surface area contributed by atoms with Crippen molar-refractivity contribution < 1.29 is 14.7 Å². The van der Waals surface area contributed by atoms with Crippen LogP contribution in [0.3, 0.4) is 0 Å². The van der Waals surface area contributed by atoms with Crippen molar-refractivity contribution in [3.63, 3.8) is 0 Å². The van der Waals surface area contributed by atoms with Gasteiger partial charge in [0.1, 0.15) is 0 Å². The number of aryl methyl sites for hydroxylation is 2. The van der Waals surface area contributed by atoms with Gasteiger partial charge in [-0.3, -0.25) is 24.2 Å². The molecule has 4 aromatic rings. The van der Waals surface area contributed by atoms with E-state index in [9.17, 15) is 14.7 Å². The Morgan fingerprint density at radius 2 is 1.97 bits per heavy atom. The molecule has 2 atom stereocenters. The predicted molar refractivity (Wildman–Crippen MR) is 142 cm³/mol. The van der Waals surface area contributed by atoms with Crippen molar-refractivity contribution in [3.8, 4) is 11.1 Å². The molecule has 2 unspecified atom stereocenters. The van der Waals surface area contributed by atoms with Crippen LogP contribution in [-0.4, -0.2) is 77.2 Å². The number of fused-ring (bicyclic) bond motifs is 1. The number of piperidine rings is 1. The number of aliphatic hydroxyl groups is 1. The average molecular weight is 518 g/mol. The zero-order valence-corrected chi connectivity index (χ0v) is 21.6. The molecule has 1 aliphatic rings. The monoisotopic (exact) mass is 517 g/mol. The summed E-state index contributed by atoms with van der Waals surface area (Å²) < 4.78 is 3.27. The van der Waals surface area contributed by atoms with Gasteiger partial charge in [0, 0.05) is 49.8 Å². The first-order chi connectivity index (χ1) is 18.3. The minimum absolute atomic E-state index is 0.128. The van der Waals surface area contributed by atoms with E-state index in [2.05, 4.69) is 42.9 Å². The molecular formula is C26H31N9O3. The number of anilines is 2. The van der Waals surface area contributed by atoms with E-state index in [4.69, 9.17) is 0 Å². The molecule has 2 amide bonds. The molecule has 1 fully saturated rings. The number of amides is 2. The maximum atomic E-state index is 13.1. The quantitative estimate of drug-likeness (QED) is 0.338. The third-order valence-electron chi connectivity index (χ3n) is 7.00. The molecule has 0 aliphatic carbocycles. The highest BCUT2D eigenvalue weighted by Crippen LogP contribution is 2.23. The summed E-state index contributed by atoms with van der Waals surface area (Å²) in [5.74, 6) is -0.413. The zero-order valence-electron chi connectivity index (χ0n) is 21.6. The average Bonchev–Trinajstić information content (AvgIpc) is 3.53. The number of aromatic nitrogens is 6. The lowest BCUT2D eigenvalue weighted by atomic mass is 9.94. The number of hydrogen-bond acceptors (Lipinski definition) is 8. The van der Waals surface area contributed by atoms with Crippen molar-refractivity contribution in [3.05, 3.63) is 54.4 Å². The van der Waals surface area contributed by atoms with Crippen LogP contribution < -0.4 is 10.6 Å². The maximum absolute atomic E-state index is 13.1. The summed E-state index contributed by atoms with van der Waals surface area (Å²) in [5, 5.41) is 27.6. The Labute approximate surface area is 219 Å². The predicted octanol–water partition coefficient (Wildman–Crippen LogP) is 2.12. The van der Waals surface area contributed by atoms with E-state index >= 15 is 0 Å².